The van der Waals surface area contributed by atoms with Crippen LogP contribution in [0.1, 0.15) is 29.3 Å². The molecule has 104 valence electrons. The molecule has 1 amide bonds. The first kappa shape index (κ1) is 14.3. The second-order valence-corrected chi connectivity index (χ2v) is 5.36. The third-order valence-electron chi connectivity index (χ3n) is 3.65. The zero-order chi connectivity index (χ0) is 14.0. The quantitative estimate of drug-likeness (QED) is 0.891. The molecule has 0 bridgehead atoms. The van der Waals surface area contributed by atoms with E-state index < -0.39 is 5.60 Å². The largest absolute Gasteiger partial charge is 0.385 e. The third kappa shape index (κ3) is 2.91. The number of hydrogen-bond acceptors (Lipinski definition) is 3. The predicted octanol–water partition coefficient (Wildman–Crippen LogP) is 1.92. The number of hydrogen-bond donors (Lipinski definition) is 2. The maximum atomic E-state index is 12.1. The lowest BCUT2D eigenvalue weighted by molar-refractivity contribution is -0.0251. The first-order valence-electron chi connectivity index (χ1n) is 6.31. The second-order valence-electron chi connectivity index (χ2n) is 4.99. The number of ether oxygens (including phenoxy) is 1. The van der Waals surface area contributed by atoms with Gasteiger partial charge in [0.25, 0.3) is 5.91 Å². The molecule has 1 fully saturated rings. The smallest absolute Gasteiger partial charge is 0.252 e. The second kappa shape index (κ2) is 5.49. The fraction of sp³-hybridized carbons (Fsp3) is 0.500. The standard InChI is InChI=1S/C14H18ClNO3/c1-9-4-3-5-11(12(9)15)13(17)16-8-14(18)6-7-19-10(14)2/h3-5,10,18H,6-8H2,1-2H3,(H,16,17). The van der Waals surface area contributed by atoms with Crippen molar-refractivity contribution in [1.29, 1.82) is 0 Å². The van der Waals surface area contributed by atoms with Crippen molar-refractivity contribution in [2.24, 2.45) is 0 Å². The number of aliphatic hydroxyl groups is 1. The molecule has 0 radical (unpaired) electrons. The Bertz CT molecular complexity index is 492. The monoisotopic (exact) mass is 283 g/mol. The van der Waals surface area contributed by atoms with Crippen LogP contribution in [0, 0.1) is 6.92 Å². The summed E-state index contributed by atoms with van der Waals surface area (Å²) < 4.78 is 5.32. The molecule has 1 heterocycles. The van der Waals surface area contributed by atoms with Crippen LogP contribution in [0.3, 0.4) is 0 Å². The van der Waals surface area contributed by atoms with Gasteiger partial charge in [-0.3, -0.25) is 4.79 Å². The van der Waals surface area contributed by atoms with Crippen molar-refractivity contribution in [2.45, 2.75) is 32.0 Å². The van der Waals surface area contributed by atoms with E-state index in [1.807, 2.05) is 13.0 Å². The topological polar surface area (TPSA) is 58.6 Å². The van der Waals surface area contributed by atoms with Crippen molar-refractivity contribution in [3.05, 3.63) is 34.3 Å². The van der Waals surface area contributed by atoms with E-state index in [1.54, 1.807) is 19.1 Å². The summed E-state index contributed by atoms with van der Waals surface area (Å²) in [5.74, 6) is -0.277. The Morgan fingerprint density at radius 3 is 3.00 bits per heavy atom. The van der Waals surface area contributed by atoms with Gasteiger partial charge in [-0.1, -0.05) is 23.7 Å². The summed E-state index contributed by atoms with van der Waals surface area (Å²) in [6.07, 6.45) is 0.247. The van der Waals surface area contributed by atoms with E-state index in [0.717, 1.165) is 5.56 Å². The van der Waals surface area contributed by atoms with Crippen LogP contribution in [-0.4, -0.2) is 35.9 Å². The minimum Gasteiger partial charge on any atom is -0.385 e. The molecule has 1 aromatic carbocycles. The lowest BCUT2D eigenvalue weighted by atomic mass is 9.96. The summed E-state index contributed by atoms with van der Waals surface area (Å²) in [5.41, 5.74) is 0.286. The average molecular weight is 284 g/mol. The first-order chi connectivity index (χ1) is 8.94. The predicted molar refractivity (Wildman–Crippen MR) is 73.5 cm³/mol. The van der Waals surface area contributed by atoms with Crippen molar-refractivity contribution >= 4 is 17.5 Å². The minimum atomic E-state index is -0.994. The van der Waals surface area contributed by atoms with Gasteiger partial charge in [0.1, 0.15) is 5.60 Å². The fourth-order valence-corrected chi connectivity index (χ4v) is 2.37. The Labute approximate surface area is 117 Å². The van der Waals surface area contributed by atoms with E-state index in [0.29, 0.717) is 23.6 Å². The van der Waals surface area contributed by atoms with Crippen molar-refractivity contribution in [1.82, 2.24) is 5.32 Å². The number of nitrogens with one attached hydrogen (secondary N) is 1. The van der Waals surface area contributed by atoms with Crippen LogP contribution in [0.5, 0.6) is 0 Å². The first-order valence-corrected chi connectivity index (χ1v) is 6.69. The van der Waals surface area contributed by atoms with E-state index in [4.69, 9.17) is 16.3 Å². The average Bonchev–Trinajstić information content (AvgIpc) is 2.71. The molecule has 5 heteroatoms. The number of aryl methyl sites for hydroxylation is 1. The van der Waals surface area contributed by atoms with E-state index in [-0.39, 0.29) is 18.6 Å². The molecule has 4 nitrogen and oxygen atoms in total. The highest BCUT2D eigenvalue weighted by Crippen LogP contribution is 2.25. The number of amides is 1. The Balaban J connectivity index is 2.04. The van der Waals surface area contributed by atoms with Gasteiger partial charge in [-0.05, 0) is 25.5 Å². The third-order valence-corrected chi connectivity index (χ3v) is 4.15. The molecule has 2 unspecified atom stereocenters. The van der Waals surface area contributed by atoms with Gasteiger partial charge < -0.3 is 15.2 Å². The van der Waals surface area contributed by atoms with Crippen molar-refractivity contribution in [3.63, 3.8) is 0 Å². The van der Waals surface area contributed by atoms with Crippen LogP contribution in [0.4, 0.5) is 0 Å². The maximum Gasteiger partial charge on any atom is 0.252 e. The van der Waals surface area contributed by atoms with Gasteiger partial charge in [-0.25, -0.2) is 0 Å². The summed E-state index contributed by atoms with van der Waals surface area (Å²) in [5, 5.41) is 13.5. The SMILES string of the molecule is Cc1cccc(C(=O)NCC2(O)CCOC2C)c1Cl. The summed E-state index contributed by atoms with van der Waals surface area (Å²) >= 11 is 6.10. The Hall–Kier alpha value is -1.10. The van der Waals surface area contributed by atoms with E-state index >= 15 is 0 Å². The minimum absolute atomic E-state index is 0.164. The molecule has 0 spiro atoms. The van der Waals surface area contributed by atoms with Crippen LogP contribution < -0.4 is 5.32 Å². The van der Waals surface area contributed by atoms with Gasteiger partial charge in [-0.15, -0.1) is 0 Å². The molecule has 2 atom stereocenters. The fourth-order valence-electron chi connectivity index (χ4n) is 2.15. The summed E-state index contributed by atoms with van der Waals surface area (Å²) in [6, 6.07) is 5.30. The molecule has 0 aromatic heterocycles. The Morgan fingerprint density at radius 1 is 1.63 bits per heavy atom. The maximum absolute atomic E-state index is 12.1. The van der Waals surface area contributed by atoms with Gasteiger partial charge in [-0.2, -0.15) is 0 Å². The lowest BCUT2D eigenvalue weighted by Gasteiger charge is -2.26. The molecule has 1 aliphatic rings. The number of rotatable bonds is 3. The zero-order valence-electron chi connectivity index (χ0n) is 11.1. The highest BCUT2D eigenvalue weighted by atomic mass is 35.5. The molecule has 0 saturated carbocycles. The van der Waals surface area contributed by atoms with Gasteiger partial charge in [0.15, 0.2) is 0 Å². The number of carbonyl (C=O) groups excluding carboxylic acids is 1. The van der Waals surface area contributed by atoms with Crippen molar-refractivity contribution in [2.75, 3.05) is 13.2 Å². The van der Waals surface area contributed by atoms with Gasteiger partial charge in [0.05, 0.1) is 16.7 Å². The van der Waals surface area contributed by atoms with Crippen LogP contribution in [0.15, 0.2) is 18.2 Å². The summed E-state index contributed by atoms with van der Waals surface area (Å²) in [6.45, 7) is 4.33. The zero-order valence-corrected chi connectivity index (χ0v) is 11.8. The number of halogens is 1. The molecule has 2 rings (SSSR count). The van der Waals surface area contributed by atoms with E-state index in [9.17, 15) is 9.90 Å². The molecule has 0 aliphatic carbocycles. The molecule has 1 aliphatic heterocycles. The molecular weight excluding hydrogens is 266 g/mol. The number of carbonyl (C=O) groups is 1. The van der Waals surface area contributed by atoms with Gasteiger partial charge >= 0.3 is 0 Å². The summed E-state index contributed by atoms with van der Waals surface area (Å²) in [4.78, 5) is 12.1. The van der Waals surface area contributed by atoms with E-state index in [1.165, 1.54) is 0 Å². The molecule has 1 aromatic rings. The lowest BCUT2D eigenvalue weighted by Crippen LogP contribution is -2.47. The molecule has 2 N–H and O–H groups in total. The Kier molecular flexibility index (Phi) is 4.13. The van der Waals surface area contributed by atoms with Crippen LogP contribution in [-0.2, 0) is 4.74 Å². The summed E-state index contributed by atoms with van der Waals surface area (Å²) in [7, 11) is 0. The number of benzene rings is 1. The molecular formula is C14H18ClNO3. The highest BCUT2D eigenvalue weighted by Gasteiger charge is 2.39. The Morgan fingerprint density at radius 2 is 2.37 bits per heavy atom. The molecule has 19 heavy (non-hydrogen) atoms. The van der Waals surface area contributed by atoms with Crippen molar-refractivity contribution < 1.29 is 14.6 Å². The van der Waals surface area contributed by atoms with Gasteiger partial charge in [0.2, 0.25) is 0 Å². The van der Waals surface area contributed by atoms with Crippen LogP contribution >= 0.6 is 11.6 Å². The van der Waals surface area contributed by atoms with Gasteiger partial charge in [0, 0.05) is 19.6 Å². The van der Waals surface area contributed by atoms with Crippen LogP contribution in [0.2, 0.25) is 5.02 Å². The van der Waals surface area contributed by atoms with Crippen molar-refractivity contribution in [3.8, 4) is 0 Å². The van der Waals surface area contributed by atoms with Crippen LogP contribution in [0.25, 0.3) is 0 Å². The van der Waals surface area contributed by atoms with E-state index in [2.05, 4.69) is 5.32 Å². The highest BCUT2D eigenvalue weighted by molar-refractivity contribution is 6.34. The normalized spacial score (nSPS) is 26.4. The molecule has 1 saturated heterocycles.